The van der Waals surface area contributed by atoms with E-state index in [4.69, 9.17) is 26.6 Å². The maximum Gasteiger partial charge on any atom is 0.230 e. The van der Waals surface area contributed by atoms with Crippen molar-refractivity contribution >= 4 is 17.5 Å². The lowest BCUT2D eigenvalue weighted by Gasteiger charge is -2.04. The van der Waals surface area contributed by atoms with Crippen molar-refractivity contribution in [3.05, 3.63) is 53.6 Å². The molecule has 0 aliphatic carbocycles. The fourth-order valence-corrected chi connectivity index (χ4v) is 2.27. The van der Waals surface area contributed by atoms with Gasteiger partial charge in [-0.2, -0.15) is 0 Å². The number of anilines is 1. The molecule has 4 nitrogen and oxygen atoms in total. The number of ether oxygens (including phenoxy) is 1. The number of halogens is 1. The summed E-state index contributed by atoms with van der Waals surface area (Å²) in [5.74, 6) is 1.06. The zero-order valence-corrected chi connectivity index (χ0v) is 12.1. The fourth-order valence-electron chi connectivity index (χ4n) is 2.14. The van der Waals surface area contributed by atoms with E-state index in [2.05, 4.69) is 5.16 Å². The molecule has 0 bridgehead atoms. The van der Waals surface area contributed by atoms with E-state index in [1.165, 1.54) is 0 Å². The summed E-state index contributed by atoms with van der Waals surface area (Å²) in [5, 5.41) is 4.73. The van der Waals surface area contributed by atoms with Crippen molar-refractivity contribution in [3.8, 4) is 28.1 Å². The Morgan fingerprint density at radius 2 is 1.62 bits per heavy atom. The highest BCUT2D eigenvalue weighted by Crippen LogP contribution is 2.37. The molecule has 5 heteroatoms. The van der Waals surface area contributed by atoms with Gasteiger partial charge in [0, 0.05) is 10.6 Å². The molecule has 1 aromatic heterocycles. The van der Waals surface area contributed by atoms with Crippen LogP contribution in [0, 0.1) is 0 Å². The van der Waals surface area contributed by atoms with Gasteiger partial charge < -0.3 is 15.0 Å². The van der Waals surface area contributed by atoms with E-state index in [0.717, 1.165) is 22.4 Å². The largest absolute Gasteiger partial charge is 0.497 e. The average Bonchev–Trinajstić information content (AvgIpc) is 2.90. The first-order chi connectivity index (χ1) is 10.2. The first-order valence-electron chi connectivity index (χ1n) is 6.34. The highest BCUT2D eigenvalue weighted by molar-refractivity contribution is 6.30. The number of methoxy groups -OCH3 is 1. The van der Waals surface area contributed by atoms with Gasteiger partial charge in [-0.15, -0.1) is 0 Å². The third-order valence-corrected chi connectivity index (χ3v) is 3.47. The highest BCUT2D eigenvalue weighted by Gasteiger charge is 2.17. The Hall–Kier alpha value is -2.46. The van der Waals surface area contributed by atoms with Crippen molar-refractivity contribution in [3.63, 3.8) is 0 Å². The zero-order valence-electron chi connectivity index (χ0n) is 11.3. The van der Waals surface area contributed by atoms with Crippen LogP contribution in [0.5, 0.6) is 5.75 Å². The van der Waals surface area contributed by atoms with E-state index in [1.54, 1.807) is 19.2 Å². The molecule has 0 atom stereocenters. The zero-order chi connectivity index (χ0) is 14.8. The number of nitrogens with two attached hydrogens (primary N) is 1. The summed E-state index contributed by atoms with van der Waals surface area (Å²) < 4.78 is 10.3. The number of nitrogen functional groups attached to an aromatic ring is 1. The van der Waals surface area contributed by atoms with Gasteiger partial charge in [0.2, 0.25) is 5.88 Å². The number of nitrogens with zero attached hydrogens (tertiary/aromatic N) is 1. The molecule has 0 aliphatic heterocycles. The predicted octanol–water partition coefficient (Wildman–Crippen LogP) is 4.25. The van der Waals surface area contributed by atoms with Crippen molar-refractivity contribution in [1.29, 1.82) is 0 Å². The summed E-state index contributed by atoms with van der Waals surface area (Å²) >= 11 is 5.91. The van der Waals surface area contributed by atoms with Crippen LogP contribution in [0.1, 0.15) is 0 Å². The van der Waals surface area contributed by atoms with E-state index in [0.29, 0.717) is 10.7 Å². The second kappa shape index (κ2) is 5.50. The molecule has 0 saturated heterocycles. The van der Waals surface area contributed by atoms with Crippen LogP contribution >= 0.6 is 11.6 Å². The quantitative estimate of drug-likeness (QED) is 0.785. The van der Waals surface area contributed by atoms with Crippen molar-refractivity contribution in [2.75, 3.05) is 12.8 Å². The van der Waals surface area contributed by atoms with Gasteiger partial charge in [-0.3, -0.25) is 0 Å². The van der Waals surface area contributed by atoms with E-state index in [-0.39, 0.29) is 5.88 Å². The summed E-state index contributed by atoms with van der Waals surface area (Å²) in [4.78, 5) is 0. The molecule has 3 rings (SSSR count). The van der Waals surface area contributed by atoms with E-state index in [1.807, 2.05) is 36.4 Å². The Kier molecular flexibility index (Phi) is 3.54. The average molecular weight is 301 g/mol. The minimum atomic E-state index is 0.283. The summed E-state index contributed by atoms with van der Waals surface area (Å²) in [6.07, 6.45) is 0. The van der Waals surface area contributed by atoms with Crippen LogP contribution in [-0.2, 0) is 0 Å². The normalized spacial score (nSPS) is 10.6. The van der Waals surface area contributed by atoms with Crippen LogP contribution in [0.15, 0.2) is 53.1 Å². The molecule has 0 aliphatic rings. The first kappa shape index (κ1) is 13.5. The molecule has 2 N–H and O–H groups in total. The maximum atomic E-state index is 5.92. The number of benzene rings is 2. The lowest BCUT2D eigenvalue weighted by molar-refractivity contribution is 0.415. The Balaban J connectivity index is 2.09. The van der Waals surface area contributed by atoms with Gasteiger partial charge in [0.25, 0.3) is 0 Å². The number of aromatic nitrogens is 1. The summed E-state index contributed by atoms with van der Waals surface area (Å²) in [5.41, 5.74) is 9.19. The van der Waals surface area contributed by atoms with E-state index >= 15 is 0 Å². The molecule has 1 heterocycles. The minimum Gasteiger partial charge on any atom is -0.497 e. The molecule has 0 fully saturated rings. The van der Waals surface area contributed by atoms with Gasteiger partial charge in [-0.25, -0.2) is 0 Å². The standard InChI is InChI=1S/C16H13ClN2O2/c1-20-13-8-4-10(5-9-13)14-15(19-21-16(14)18)11-2-6-12(17)7-3-11/h2-9H,18H2,1H3. The smallest absolute Gasteiger partial charge is 0.230 e. The summed E-state index contributed by atoms with van der Waals surface area (Å²) in [7, 11) is 1.63. The van der Waals surface area contributed by atoms with Crippen molar-refractivity contribution in [2.24, 2.45) is 0 Å². The SMILES string of the molecule is COc1ccc(-c2c(-c3ccc(Cl)cc3)noc2N)cc1. The van der Waals surface area contributed by atoms with Gasteiger partial charge >= 0.3 is 0 Å². The highest BCUT2D eigenvalue weighted by atomic mass is 35.5. The molecule has 2 aromatic carbocycles. The molecular formula is C16H13ClN2O2. The van der Waals surface area contributed by atoms with Gasteiger partial charge in [0.1, 0.15) is 11.4 Å². The lowest BCUT2D eigenvalue weighted by atomic mass is 10.0. The van der Waals surface area contributed by atoms with Gasteiger partial charge in [0.15, 0.2) is 0 Å². The van der Waals surface area contributed by atoms with Gasteiger partial charge in [0.05, 0.1) is 12.7 Å². The van der Waals surface area contributed by atoms with E-state index < -0.39 is 0 Å². The maximum absolute atomic E-state index is 5.92. The van der Waals surface area contributed by atoms with Crippen molar-refractivity contribution in [2.45, 2.75) is 0 Å². The van der Waals surface area contributed by atoms with Crippen LogP contribution in [0.4, 0.5) is 5.88 Å². The third kappa shape index (κ3) is 2.58. The minimum absolute atomic E-state index is 0.283. The Morgan fingerprint density at radius 3 is 2.24 bits per heavy atom. The molecule has 106 valence electrons. The number of hydrogen-bond donors (Lipinski definition) is 1. The third-order valence-electron chi connectivity index (χ3n) is 3.21. The van der Waals surface area contributed by atoms with Crippen LogP contribution in [-0.4, -0.2) is 12.3 Å². The Morgan fingerprint density at radius 1 is 1.00 bits per heavy atom. The van der Waals surface area contributed by atoms with E-state index in [9.17, 15) is 0 Å². The molecule has 3 aromatic rings. The van der Waals surface area contributed by atoms with Crippen molar-refractivity contribution < 1.29 is 9.26 Å². The molecular weight excluding hydrogens is 288 g/mol. The summed E-state index contributed by atoms with van der Waals surface area (Å²) in [6.45, 7) is 0. The second-order valence-corrected chi connectivity index (χ2v) is 4.94. The molecule has 0 radical (unpaired) electrons. The van der Waals surface area contributed by atoms with Crippen molar-refractivity contribution in [1.82, 2.24) is 5.16 Å². The monoisotopic (exact) mass is 300 g/mol. The lowest BCUT2D eigenvalue weighted by Crippen LogP contribution is -1.88. The molecule has 0 spiro atoms. The topological polar surface area (TPSA) is 61.3 Å². The number of hydrogen-bond acceptors (Lipinski definition) is 4. The van der Waals surface area contributed by atoms with Crippen LogP contribution in [0.2, 0.25) is 5.02 Å². The fraction of sp³-hybridized carbons (Fsp3) is 0.0625. The van der Waals surface area contributed by atoms with Crippen LogP contribution in [0.25, 0.3) is 22.4 Å². The molecule has 0 amide bonds. The Bertz CT molecular complexity index is 749. The first-order valence-corrected chi connectivity index (χ1v) is 6.72. The molecule has 0 saturated carbocycles. The number of rotatable bonds is 3. The van der Waals surface area contributed by atoms with Crippen LogP contribution < -0.4 is 10.5 Å². The van der Waals surface area contributed by atoms with Crippen LogP contribution in [0.3, 0.4) is 0 Å². The molecule has 0 unspecified atom stereocenters. The Labute approximate surface area is 127 Å². The second-order valence-electron chi connectivity index (χ2n) is 4.51. The predicted molar refractivity (Wildman–Crippen MR) is 83.3 cm³/mol. The van der Waals surface area contributed by atoms with Gasteiger partial charge in [-0.1, -0.05) is 41.0 Å². The molecule has 21 heavy (non-hydrogen) atoms. The van der Waals surface area contributed by atoms with Gasteiger partial charge in [-0.05, 0) is 29.8 Å². The summed E-state index contributed by atoms with van der Waals surface area (Å²) in [6, 6.07) is 14.9.